The molecule has 1 atom stereocenters. The summed E-state index contributed by atoms with van der Waals surface area (Å²) >= 11 is 3.46. The second-order valence-corrected chi connectivity index (χ2v) is 5.63. The molecule has 1 aliphatic rings. The fourth-order valence-electron chi connectivity index (χ4n) is 2.33. The van der Waals surface area contributed by atoms with Crippen LogP contribution in [0.5, 0.6) is 0 Å². The van der Waals surface area contributed by atoms with E-state index in [0.29, 0.717) is 12.0 Å². The minimum absolute atomic E-state index is 0.242. The van der Waals surface area contributed by atoms with Crippen molar-refractivity contribution in [2.24, 2.45) is 0 Å². The molecule has 0 aliphatic heterocycles. The summed E-state index contributed by atoms with van der Waals surface area (Å²) in [4.78, 5) is 0. The lowest BCUT2D eigenvalue weighted by Gasteiger charge is -2.37. The van der Waals surface area contributed by atoms with Gasteiger partial charge >= 0.3 is 0 Å². The lowest BCUT2D eigenvalue weighted by Crippen LogP contribution is -2.44. The van der Waals surface area contributed by atoms with Crippen LogP contribution in [0, 0.1) is 12.3 Å². The summed E-state index contributed by atoms with van der Waals surface area (Å²) in [5.41, 5.74) is 1.44. The average molecular weight is 292 g/mol. The summed E-state index contributed by atoms with van der Waals surface area (Å²) in [7, 11) is 0. The highest BCUT2D eigenvalue weighted by atomic mass is 79.9. The smallest absolute Gasteiger partial charge is 0.0686 e. The molecular formula is C15H18BrN. The zero-order valence-corrected chi connectivity index (χ0v) is 11.7. The Morgan fingerprint density at radius 2 is 2.06 bits per heavy atom. The van der Waals surface area contributed by atoms with E-state index in [1.165, 1.54) is 18.4 Å². The molecule has 1 aromatic rings. The first-order chi connectivity index (χ1) is 8.22. The molecule has 2 heteroatoms. The van der Waals surface area contributed by atoms with Gasteiger partial charge in [-0.1, -0.05) is 40.9 Å². The number of halogens is 1. The van der Waals surface area contributed by atoms with E-state index < -0.39 is 0 Å². The minimum atomic E-state index is 0.242. The first kappa shape index (κ1) is 12.7. The summed E-state index contributed by atoms with van der Waals surface area (Å²) in [6.45, 7) is 2.13. The van der Waals surface area contributed by atoms with Crippen LogP contribution >= 0.6 is 15.9 Å². The van der Waals surface area contributed by atoms with Gasteiger partial charge in [-0.05, 0) is 42.9 Å². The predicted octanol–water partition coefficient (Wildman–Crippen LogP) is 3.70. The topological polar surface area (TPSA) is 12.0 Å². The lowest BCUT2D eigenvalue weighted by molar-refractivity contribution is 0.278. The number of hydrogen-bond acceptors (Lipinski definition) is 1. The third-order valence-corrected chi connectivity index (χ3v) is 4.05. The third kappa shape index (κ3) is 3.12. The Morgan fingerprint density at radius 3 is 2.59 bits per heavy atom. The first-order valence-corrected chi connectivity index (χ1v) is 7.00. The van der Waals surface area contributed by atoms with Crippen LogP contribution in [0.2, 0.25) is 0 Å². The van der Waals surface area contributed by atoms with E-state index in [4.69, 9.17) is 6.42 Å². The highest BCUT2D eigenvalue weighted by molar-refractivity contribution is 9.10. The molecule has 1 nitrogen and oxygen atoms in total. The molecule has 0 amide bonds. The monoisotopic (exact) mass is 291 g/mol. The standard InChI is InChI=1S/C15H18BrN/c1-3-14(4-2)17-15-9-12(10-15)11-5-7-13(16)8-6-11/h1,5-8,12,14-15,17H,4,9-10H2,2H3. The minimum Gasteiger partial charge on any atom is -0.301 e. The molecule has 0 saturated heterocycles. The quantitative estimate of drug-likeness (QED) is 0.834. The van der Waals surface area contributed by atoms with E-state index in [-0.39, 0.29) is 6.04 Å². The molecule has 0 bridgehead atoms. The van der Waals surface area contributed by atoms with Crippen molar-refractivity contribution in [3.8, 4) is 12.3 Å². The summed E-state index contributed by atoms with van der Waals surface area (Å²) in [6, 6.07) is 9.50. The Labute approximate surface area is 112 Å². The van der Waals surface area contributed by atoms with Gasteiger partial charge in [0.05, 0.1) is 6.04 Å². The van der Waals surface area contributed by atoms with Gasteiger partial charge in [0.2, 0.25) is 0 Å². The molecule has 1 aliphatic carbocycles. The van der Waals surface area contributed by atoms with E-state index >= 15 is 0 Å². The number of nitrogens with one attached hydrogen (secondary N) is 1. The molecule has 1 fully saturated rings. The second kappa shape index (κ2) is 5.71. The van der Waals surface area contributed by atoms with Crippen molar-refractivity contribution < 1.29 is 0 Å². The Bertz CT molecular complexity index is 398. The Balaban J connectivity index is 1.83. The number of hydrogen-bond donors (Lipinski definition) is 1. The predicted molar refractivity (Wildman–Crippen MR) is 76.0 cm³/mol. The van der Waals surface area contributed by atoms with Crippen LogP contribution in [0.1, 0.15) is 37.7 Å². The summed E-state index contributed by atoms with van der Waals surface area (Å²) < 4.78 is 1.15. The van der Waals surface area contributed by atoms with Crippen molar-refractivity contribution in [2.75, 3.05) is 0 Å². The van der Waals surface area contributed by atoms with E-state index in [1.807, 2.05) is 0 Å². The van der Waals surface area contributed by atoms with Gasteiger partial charge in [-0.2, -0.15) is 0 Å². The maximum Gasteiger partial charge on any atom is 0.0686 e. The number of benzene rings is 1. The first-order valence-electron chi connectivity index (χ1n) is 6.20. The molecule has 0 radical (unpaired) electrons. The van der Waals surface area contributed by atoms with Crippen molar-refractivity contribution in [3.63, 3.8) is 0 Å². The van der Waals surface area contributed by atoms with Gasteiger partial charge in [0, 0.05) is 10.5 Å². The Hall–Kier alpha value is -0.780. The average Bonchev–Trinajstić information content (AvgIpc) is 2.30. The molecule has 1 saturated carbocycles. The zero-order chi connectivity index (χ0) is 12.3. The molecule has 1 unspecified atom stereocenters. The van der Waals surface area contributed by atoms with Gasteiger partial charge in [-0.15, -0.1) is 6.42 Å². The van der Waals surface area contributed by atoms with Crippen LogP contribution in [0.3, 0.4) is 0 Å². The van der Waals surface area contributed by atoms with Gasteiger partial charge in [0.1, 0.15) is 0 Å². The SMILES string of the molecule is C#CC(CC)NC1CC(c2ccc(Br)cc2)C1. The van der Waals surface area contributed by atoms with Gasteiger partial charge in [-0.3, -0.25) is 0 Å². The molecule has 90 valence electrons. The normalized spacial score (nSPS) is 24.8. The van der Waals surface area contributed by atoms with Crippen molar-refractivity contribution in [3.05, 3.63) is 34.3 Å². The van der Waals surface area contributed by atoms with Crippen LogP contribution in [0.15, 0.2) is 28.7 Å². The van der Waals surface area contributed by atoms with Crippen LogP contribution in [-0.4, -0.2) is 12.1 Å². The Morgan fingerprint density at radius 1 is 1.41 bits per heavy atom. The van der Waals surface area contributed by atoms with E-state index in [9.17, 15) is 0 Å². The number of rotatable bonds is 4. The molecule has 0 aromatic heterocycles. The van der Waals surface area contributed by atoms with Gasteiger partial charge in [0.15, 0.2) is 0 Å². The van der Waals surface area contributed by atoms with Gasteiger partial charge < -0.3 is 5.32 Å². The van der Waals surface area contributed by atoms with Gasteiger partial charge in [-0.25, -0.2) is 0 Å². The largest absolute Gasteiger partial charge is 0.301 e. The van der Waals surface area contributed by atoms with Crippen LogP contribution in [0.4, 0.5) is 0 Å². The zero-order valence-electron chi connectivity index (χ0n) is 10.1. The van der Waals surface area contributed by atoms with E-state index in [1.54, 1.807) is 0 Å². The molecule has 0 heterocycles. The van der Waals surface area contributed by atoms with Crippen molar-refractivity contribution in [2.45, 2.75) is 44.2 Å². The van der Waals surface area contributed by atoms with Crippen molar-refractivity contribution in [1.82, 2.24) is 5.32 Å². The maximum absolute atomic E-state index is 5.46. The van der Waals surface area contributed by atoms with Gasteiger partial charge in [0.25, 0.3) is 0 Å². The summed E-state index contributed by atoms with van der Waals surface area (Å²) in [6.07, 6.45) is 8.88. The van der Waals surface area contributed by atoms with E-state index in [0.717, 1.165) is 10.9 Å². The lowest BCUT2D eigenvalue weighted by atomic mass is 9.75. The highest BCUT2D eigenvalue weighted by Crippen LogP contribution is 2.37. The van der Waals surface area contributed by atoms with Crippen molar-refractivity contribution in [1.29, 1.82) is 0 Å². The maximum atomic E-state index is 5.46. The summed E-state index contributed by atoms with van der Waals surface area (Å²) in [5, 5.41) is 3.52. The highest BCUT2D eigenvalue weighted by Gasteiger charge is 2.30. The molecule has 1 N–H and O–H groups in total. The second-order valence-electron chi connectivity index (χ2n) is 4.71. The fraction of sp³-hybridized carbons (Fsp3) is 0.467. The van der Waals surface area contributed by atoms with Crippen LogP contribution < -0.4 is 5.32 Å². The van der Waals surface area contributed by atoms with Crippen LogP contribution in [-0.2, 0) is 0 Å². The fourth-order valence-corrected chi connectivity index (χ4v) is 2.59. The van der Waals surface area contributed by atoms with E-state index in [2.05, 4.69) is 58.4 Å². The Kier molecular flexibility index (Phi) is 4.25. The van der Waals surface area contributed by atoms with Crippen molar-refractivity contribution >= 4 is 15.9 Å². The molecular weight excluding hydrogens is 274 g/mol. The molecule has 17 heavy (non-hydrogen) atoms. The molecule has 0 spiro atoms. The molecule has 1 aromatic carbocycles. The third-order valence-electron chi connectivity index (χ3n) is 3.53. The molecule has 2 rings (SSSR count). The summed E-state index contributed by atoms with van der Waals surface area (Å²) in [5.74, 6) is 3.50. The number of terminal acetylenes is 1. The van der Waals surface area contributed by atoms with Crippen LogP contribution in [0.25, 0.3) is 0 Å².